The van der Waals surface area contributed by atoms with Crippen molar-refractivity contribution in [1.82, 2.24) is 0 Å². The molecule has 8 heteroatoms. The maximum Gasteiger partial charge on any atom is 0.306 e. The zero-order valence-electron chi connectivity index (χ0n) is 22.9. The van der Waals surface area contributed by atoms with Crippen LogP contribution in [-0.4, -0.2) is 62.6 Å². The molecule has 8 unspecified atom stereocenters. The summed E-state index contributed by atoms with van der Waals surface area (Å²) >= 11 is 0. The first-order chi connectivity index (χ1) is 16.9. The molecule has 8 atom stereocenters. The molecule has 0 aromatic heterocycles. The summed E-state index contributed by atoms with van der Waals surface area (Å²) in [5, 5.41) is 42.3. The summed E-state index contributed by atoms with van der Waals surface area (Å²) < 4.78 is 0. The van der Waals surface area contributed by atoms with Crippen molar-refractivity contribution in [3.05, 3.63) is 11.1 Å². The molecule has 0 spiro atoms. The predicted molar refractivity (Wildman–Crippen MR) is 134 cm³/mol. The second-order valence-corrected chi connectivity index (χ2v) is 13.6. The lowest BCUT2D eigenvalue weighted by atomic mass is 9.41. The maximum atomic E-state index is 14.1. The van der Waals surface area contributed by atoms with E-state index in [0.29, 0.717) is 30.4 Å². The number of carboxylic acids is 1. The highest BCUT2D eigenvalue weighted by Crippen LogP contribution is 2.73. The van der Waals surface area contributed by atoms with E-state index in [9.17, 15) is 39.6 Å². The molecular weight excluding hydrogens is 476 g/mol. The number of allylic oxidation sites excluding steroid dienone is 1. The Labute approximate surface area is 218 Å². The molecule has 0 aromatic carbocycles. The number of ketones is 3. The van der Waals surface area contributed by atoms with Gasteiger partial charge < -0.3 is 20.4 Å². The average molecular weight is 519 g/mol. The molecule has 2 saturated carbocycles. The first kappa shape index (κ1) is 28.1. The van der Waals surface area contributed by atoms with Crippen molar-refractivity contribution in [3.63, 3.8) is 0 Å². The number of hydrogen-bond acceptors (Lipinski definition) is 7. The minimum atomic E-state index is -1.26. The van der Waals surface area contributed by atoms with E-state index in [1.807, 2.05) is 20.8 Å². The van der Waals surface area contributed by atoms with Gasteiger partial charge in [0.25, 0.3) is 0 Å². The highest BCUT2D eigenvalue weighted by molar-refractivity contribution is 6.06. The number of Topliss-reactive ketones (excluding diaryl/α,β-unsaturated/α-hetero) is 3. The SMILES string of the molecule is CC(CC(=O)CC1(CO)CC(=O)C2(C)C3=C(C(=O)CC12C)C1(C)CCC(O)C(C)(C)C1CC3O)C(=O)O. The Hall–Kier alpha value is -1.90. The van der Waals surface area contributed by atoms with E-state index in [0.717, 1.165) is 0 Å². The molecule has 0 bridgehead atoms. The molecule has 0 aromatic rings. The van der Waals surface area contributed by atoms with E-state index in [1.54, 1.807) is 13.8 Å². The van der Waals surface area contributed by atoms with Crippen molar-refractivity contribution < 1.29 is 39.6 Å². The monoisotopic (exact) mass is 518 g/mol. The lowest BCUT2D eigenvalue weighted by Gasteiger charge is -2.62. The quantitative estimate of drug-likeness (QED) is 0.419. The van der Waals surface area contributed by atoms with Crippen LogP contribution in [0.15, 0.2) is 11.1 Å². The zero-order valence-corrected chi connectivity index (χ0v) is 22.9. The second kappa shape index (κ2) is 8.55. The highest BCUT2D eigenvalue weighted by Gasteiger charge is 2.74. The second-order valence-electron chi connectivity index (χ2n) is 13.6. The van der Waals surface area contributed by atoms with Gasteiger partial charge in [-0.2, -0.15) is 0 Å². The molecule has 4 N–H and O–H groups in total. The third-order valence-corrected chi connectivity index (χ3v) is 11.6. The fourth-order valence-corrected chi connectivity index (χ4v) is 8.93. The van der Waals surface area contributed by atoms with E-state index in [-0.39, 0.29) is 49.0 Å². The van der Waals surface area contributed by atoms with E-state index < -0.39 is 57.8 Å². The van der Waals surface area contributed by atoms with Crippen LogP contribution >= 0.6 is 0 Å². The highest BCUT2D eigenvalue weighted by atomic mass is 16.4. The van der Waals surface area contributed by atoms with Crippen molar-refractivity contribution >= 4 is 23.3 Å². The normalized spacial score (nSPS) is 43.6. The fraction of sp³-hybridized carbons (Fsp3) is 0.793. The van der Waals surface area contributed by atoms with Gasteiger partial charge in [0.2, 0.25) is 0 Å². The first-order valence-corrected chi connectivity index (χ1v) is 13.5. The standard InChI is InChI=1S/C29H42O8/c1-15(24(36)37)9-16(31)11-29(14-30)13-21(35)28(6)23-17(32)10-19-25(2,3)20(34)7-8-26(19,4)22(23)18(33)12-27(28,29)5/h15,17,19-20,30,32,34H,7-14H2,1-6H3,(H,36,37). The lowest BCUT2D eigenvalue weighted by molar-refractivity contribution is -0.148. The van der Waals surface area contributed by atoms with Gasteiger partial charge in [-0.05, 0) is 53.9 Å². The summed E-state index contributed by atoms with van der Waals surface area (Å²) in [6.45, 7) is 10.4. The Morgan fingerprint density at radius 2 is 1.68 bits per heavy atom. The van der Waals surface area contributed by atoms with Crippen LogP contribution in [0.2, 0.25) is 0 Å². The van der Waals surface area contributed by atoms with Gasteiger partial charge >= 0.3 is 5.97 Å². The Kier molecular flexibility index (Phi) is 6.50. The van der Waals surface area contributed by atoms with E-state index >= 15 is 0 Å². The summed E-state index contributed by atoms with van der Waals surface area (Å²) in [6.07, 6.45) is -0.826. The Morgan fingerprint density at radius 1 is 1.05 bits per heavy atom. The molecule has 0 saturated heterocycles. The summed E-state index contributed by atoms with van der Waals surface area (Å²) in [5.41, 5.74) is -3.83. The van der Waals surface area contributed by atoms with Crippen molar-refractivity contribution in [3.8, 4) is 0 Å². The van der Waals surface area contributed by atoms with Gasteiger partial charge in [-0.3, -0.25) is 19.2 Å². The molecule has 0 heterocycles. The van der Waals surface area contributed by atoms with Crippen molar-refractivity contribution in [2.24, 2.45) is 38.9 Å². The average Bonchev–Trinajstić information content (AvgIpc) is 2.96. The van der Waals surface area contributed by atoms with Crippen LogP contribution in [0, 0.1) is 38.9 Å². The number of hydrogen-bond donors (Lipinski definition) is 4. The van der Waals surface area contributed by atoms with Crippen LogP contribution in [0.25, 0.3) is 0 Å². The number of carbonyl (C=O) groups is 4. The van der Waals surface area contributed by atoms with E-state index in [2.05, 4.69) is 0 Å². The van der Waals surface area contributed by atoms with Crippen LogP contribution in [0.3, 0.4) is 0 Å². The minimum Gasteiger partial charge on any atom is -0.481 e. The Balaban J connectivity index is 1.85. The molecular formula is C29H42O8. The van der Waals surface area contributed by atoms with Gasteiger partial charge in [0.05, 0.1) is 30.1 Å². The molecule has 4 rings (SSSR count). The molecule has 0 aliphatic heterocycles. The third kappa shape index (κ3) is 3.51. The zero-order chi connectivity index (χ0) is 27.9. The van der Waals surface area contributed by atoms with Gasteiger partial charge in [0.1, 0.15) is 11.6 Å². The van der Waals surface area contributed by atoms with Crippen molar-refractivity contribution in [1.29, 1.82) is 0 Å². The number of aliphatic carboxylic acids is 1. The molecule has 4 aliphatic carbocycles. The van der Waals surface area contributed by atoms with Crippen LogP contribution < -0.4 is 0 Å². The summed E-state index contributed by atoms with van der Waals surface area (Å²) in [4.78, 5) is 52.4. The first-order valence-electron chi connectivity index (χ1n) is 13.5. The van der Waals surface area contributed by atoms with Crippen LogP contribution in [0.4, 0.5) is 0 Å². The minimum absolute atomic E-state index is 0.0472. The Morgan fingerprint density at radius 3 is 2.24 bits per heavy atom. The Bertz CT molecular complexity index is 1090. The maximum absolute atomic E-state index is 14.1. The van der Waals surface area contributed by atoms with Gasteiger partial charge in [-0.1, -0.05) is 34.6 Å². The number of aliphatic hydroxyl groups is 3. The number of rotatable bonds is 6. The van der Waals surface area contributed by atoms with Gasteiger partial charge in [0, 0.05) is 36.7 Å². The van der Waals surface area contributed by atoms with Gasteiger partial charge in [-0.25, -0.2) is 0 Å². The smallest absolute Gasteiger partial charge is 0.306 e. The van der Waals surface area contributed by atoms with E-state index in [4.69, 9.17) is 0 Å². The fourth-order valence-electron chi connectivity index (χ4n) is 8.93. The summed E-state index contributed by atoms with van der Waals surface area (Å²) in [7, 11) is 0. The predicted octanol–water partition coefficient (Wildman–Crippen LogP) is 2.86. The van der Waals surface area contributed by atoms with Gasteiger partial charge in [-0.15, -0.1) is 0 Å². The molecule has 4 aliphatic rings. The molecule has 0 radical (unpaired) electrons. The summed E-state index contributed by atoms with van der Waals surface area (Å²) in [5.74, 6) is -2.90. The number of fused-ring (bicyclic) bond motifs is 4. The van der Waals surface area contributed by atoms with Crippen molar-refractivity contribution in [2.45, 2.75) is 98.7 Å². The summed E-state index contributed by atoms with van der Waals surface area (Å²) in [6, 6.07) is 0. The van der Waals surface area contributed by atoms with Crippen LogP contribution in [-0.2, 0) is 19.2 Å². The molecule has 0 amide bonds. The van der Waals surface area contributed by atoms with Crippen molar-refractivity contribution in [2.75, 3.05) is 6.61 Å². The molecule has 2 fully saturated rings. The molecule has 37 heavy (non-hydrogen) atoms. The largest absolute Gasteiger partial charge is 0.481 e. The molecule has 8 nitrogen and oxygen atoms in total. The number of carbonyl (C=O) groups excluding carboxylic acids is 3. The topological polar surface area (TPSA) is 149 Å². The van der Waals surface area contributed by atoms with Gasteiger partial charge in [0.15, 0.2) is 5.78 Å². The third-order valence-electron chi connectivity index (χ3n) is 11.6. The van der Waals surface area contributed by atoms with E-state index in [1.165, 1.54) is 6.92 Å². The lowest BCUT2D eigenvalue weighted by Crippen LogP contribution is -2.61. The number of aliphatic hydroxyl groups excluding tert-OH is 3. The van der Waals surface area contributed by atoms with Crippen LogP contribution in [0.5, 0.6) is 0 Å². The number of carboxylic acid groups (broad SMARTS) is 1. The van der Waals surface area contributed by atoms with Crippen LogP contribution in [0.1, 0.15) is 86.5 Å². The molecule has 206 valence electrons.